The van der Waals surface area contributed by atoms with Gasteiger partial charge in [-0.05, 0) is 31.9 Å². The predicted octanol–water partition coefficient (Wildman–Crippen LogP) is 3.16. The Morgan fingerprint density at radius 1 is 1.12 bits per heavy atom. The normalized spacial score (nSPS) is 10.9. The van der Waals surface area contributed by atoms with Gasteiger partial charge in [-0.1, -0.05) is 30.3 Å². The van der Waals surface area contributed by atoms with Crippen molar-refractivity contribution in [3.05, 3.63) is 60.0 Å². The number of carbonyl (C=O) groups excluding carboxylic acids is 1. The summed E-state index contributed by atoms with van der Waals surface area (Å²) >= 11 is 0. The van der Waals surface area contributed by atoms with Crippen molar-refractivity contribution in [1.82, 2.24) is 19.4 Å². The second-order valence-corrected chi connectivity index (χ2v) is 5.72. The second-order valence-electron chi connectivity index (χ2n) is 5.72. The van der Waals surface area contributed by atoms with Gasteiger partial charge in [0.15, 0.2) is 5.65 Å². The zero-order valence-electron chi connectivity index (χ0n) is 14.1. The van der Waals surface area contributed by atoms with Crippen LogP contribution in [0.4, 0.5) is 0 Å². The van der Waals surface area contributed by atoms with E-state index in [9.17, 15) is 4.79 Å². The molecule has 0 atom stereocenters. The highest BCUT2D eigenvalue weighted by Crippen LogP contribution is 2.14. The Bertz CT molecular complexity index is 822. The Hall–Kier alpha value is -2.69. The van der Waals surface area contributed by atoms with Gasteiger partial charge in [0.25, 0.3) is 5.91 Å². The summed E-state index contributed by atoms with van der Waals surface area (Å²) in [5.74, 6) is 0.00763. The topological polar surface area (TPSA) is 51.0 Å². The third-order valence-electron chi connectivity index (χ3n) is 4.24. The van der Waals surface area contributed by atoms with Crippen molar-refractivity contribution >= 4 is 17.1 Å². The third kappa shape index (κ3) is 3.30. The Kier molecular flexibility index (Phi) is 4.89. The Morgan fingerprint density at radius 3 is 2.58 bits per heavy atom. The Balaban J connectivity index is 1.79. The highest BCUT2D eigenvalue weighted by Gasteiger charge is 2.15. The number of benzene rings is 1. The zero-order valence-corrected chi connectivity index (χ0v) is 14.1. The molecule has 0 unspecified atom stereocenters. The fraction of sp³-hybridized carbons (Fsp3) is 0.316. The van der Waals surface area contributed by atoms with Crippen LogP contribution in [0.5, 0.6) is 0 Å². The van der Waals surface area contributed by atoms with Crippen LogP contribution in [0, 0.1) is 0 Å². The number of imidazole rings is 1. The molecule has 0 aliphatic carbocycles. The lowest BCUT2D eigenvalue weighted by Gasteiger charge is -2.18. The van der Waals surface area contributed by atoms with Crippen molar-refractivity contribution in [1.29, 1.82) is 0 Å². The number of fused-ring (bicyclic) bond motifs is 1. The van der Waals surface area contributed by atoms with E-state index in [1.807, 2.05) is 42.7 Å². The fourth-order valence-electron chi connectivity index (χ4n) is 2.82. The van der Waals surface area contributed by atoms with E-state index in [4.69, 9.17) is 0 Å². The summed E-state index contributed by atoms with van der Waals surface area (Å²) in [5, 5.41) is 0. The summed E-state index contributed by atoms with van der Waals surface area (Å²) < 4.78 is 2.04. The lowest BCUT2D eigenvalue weighted by molar-refractivity contribution is 0.0772. The molecule has 3 aromatic rings. The van der Waals surface area contributed by atoms with E-state index >= 15 is 0 Å². The number of rotatable bonds is 6. The van der Waals surface area contributed by atoms with Crippen LogP contribution in [0.1, 0.15) is 29.8 Å². The molecule has 0 bridgehead atoms. The van der Waals surface area contributed by atoms with Crippen molar-refractivity contribution in [3.8, 4) is 0 Å². The molecule has 0 N–H and O–H groups in total. The molecule has 0 radical (unpaired) electrons. The molecule has 3 rings (SSSR count). The smallest absolute Gasteiger partial charge is 0.255 e. The van der Waals surface area contributed by atoms with Crippen LogP contribution in [0.2, 0.25) is 0 Å². The molecule has 24 heavy (non-hydrogen) atoms. The number of aromatic nitrogens is 3. The first-order chi connectivity index (χ1) is 11.7. The van der Waals surface area contributed by atoms with Gasteiger partial charge in [-0.2, -0.15) is 0 Å². The lowest BCUT2D eigenvalue weighted by atomic mass is 10.1. The van der Waals surface area contributed by atoms with Gasteiger partial charge in [0, 0.05) is 25.8 Å². The van der Waals surface area contributed by atoms with Gasteiger partial charge in [-0.25, -0.2) is 9.97 Å². The molecule has 1 aromatic carbocycles. The Morgan fingerprint density at radius 2 is 1.88 bits per heavy atom. The van der Waals surface area contributed by atoms with E-state index in [1.165, 1.54) is 5.56 Å². The molecule has 0 spiro atoms. The van der Waals surface area contributed by atoms with Gasteiger partial charge in [0.05, 0.1) is 11.9 Å². The summed E-state index contributed by atoms with van der Waals surface area (Å²) in [6.45, 7) is 6.16. The molecule has 124 valence electrons. The van der Waals surface area contributed by atoms with E-state index in [2.05, 4.69) is 22.1 Å². The van der Waals surface area contributed by atoms with Crippen LogP contribution in [0.15, 0.2) is 48.9 Å². The minimum Gasteiger partial charge on any atom is -0.339 e. The molecule has 0 saturated carbocycles. The van der Waals surface area contributed by atoms with Crippen molar-refractivity contribution in [2.45, 2.75) is 26.8 Å². The van der Waals surface area contributed by atoms with Crippen molar-refractivity contribution in [3.63, 3.8) is 0 Å². The number of aryl methyl sites for hydroxylation is 2. The van der Waals surface area contributed by atoms with E-state index in [-0.39, 0.29) is 5.91 Å². The van der Waals surface area contributed by atoms with Gasteiger partial charge in [-0.3, -0.25) is 4.79 Å². The quantitative estimate of drug-likeness (QED) is 0.700. The number of carbonyl (C=O) groups is 1. The number of hydrogen-bond donors (Lipinski definition) is 0. The molecule has 0 fully saturated rings. The van der Waals surface area contributed by atoms with Gasteiger partial charge in [0.2, 0.25) is 0 Å². The summed E-state index contributed by atoms with van der Waals surface area (Å²) in [5.41, 5.74) is 3.47. The van der Waals surface area contributed by atoms with E-state index in [0.29, 0.717) is 18.7 Å². The maximum Gasteiger partial charge on any atom is 0.255 e. The molecule has 0 aliphatic rings. The first-order valence-electron chi connectivity index (χ1n) is 8.37. The number of nitrogens with zero attached hydrogens (tertiary/aromatic N) is 4. The summed E-state index contributed by atoms with van der Waals surface area (Å²) in [6, 6.07) is 12.2. The largest absolute Gasteiger partial charge is 0.339 e. The minimum absolute atomic E-state index is 0.00763. The average Bonchev–Trinajstić information content (AvgIpc) is 3.04. The number of pyridine rings is 1. The summed E-state index contributed by atoms with van der Waals surface area (Å²) in [4.78, 5) is 23.1. The first-order valence-corrected chi connectivity index (χ1v) is 8.37. The average molecular weight is 322 g/mol. The molecule has 5 nitrogen and oxygen atoms in total. The molecule has 1 amide bonds. The molecule has 5 heteroatoms. The molecule has 2 aromatic heterocycles. The molecular weight excluding hydrogens is 300 g/mol. The zero-order chi connectivity index (χ0) is 16.9. The van der Waals surface area contributed by atoms with E-state index < -0.39 is 0 Å². The minimum atomic E-state index is 0.00763. The van der Waals surface area contributed by atoms with E-state index in [1.54, 1.807) is 17.4 Å². The van der Waals surface area contributed by atoms with Gasteiger partial charge in [-0.15, -0.1) is 0 Å². The van der Waals surface area contributed by atoms with Crippen LogP contribution in [0.25, 0.3) is 11.2 Å². The number of amides is 1. The Labute approximate surface area is 142 Å². The maximum atomic E-state index is 12.4. The SMILES string of the molecule is CCN(CC)C(=O)c1cnc2c(c1)ncn2CCc1ccccc1. The second kappa shape index (κ2) is 7.25. The third-order valence-corrected chi connectivity index (χ3v) is 4.24. The van der Waals surface area contributed by atoms with E-state index in [0.717, 1.165) is 24.1 Å². The van der Waals surface area contributed by atoms with Crippen LogP contribution in [-0.4, -0.2) is 38.4 Å². The monoisotopic (exact) mass is 322 g/mol. The maximum absolute atomic E-state index is 12.4. The molecule has 0 saturated heterocycles. The van der Waals surface area contributed by atoms with Gasteiger partial charge >= 0.3 is 0 Å². The van der Waals surface area contributed by atoms with Crippen molar-refractivity contribution in [2.75, 3.05) is 13.1 Å². The van der Waals surface area contributed by atoms with Crippen molar-refractivity contribution in [2.24, 2.45) is 0 Å². The molecule has 0 aliphatic heterocycles. The highest BCUT2D eigenvalue weighted by molar-refractivity contribution is 5.96. The van der Waals surface area contributed by atoms with Crippen LogP contribution < -0.4 is 0 Å². The summed E-state index contributed by atoms with van der Waals surface area (Å²) in [6.07, 6.45) is 4.38. The number of hydrogen-bond acceptors (Lipinski definition) is 3. The van der Waals surface area contributed by atoms with Crippen LogP contribution in [-0.2, 0) is 13.0 Å². The predicted molar refractivity (Wildman–Crippen MR) is 94.9 cm³/mol. The first kappa shape index (κ1) is 16.2. The van der Waals surface area contributed by atoms with Crippen LogP contribution in [0.3, 0.4) is 0 Å². The fourth-order valence-corrected chi connectivity index (χ4v) is 2.82. The van der Waals surface area contributed by atoms with Gasteiger partial charge < -0.3 is 9.47 Å². The van der Waals surface area contributed by atoms with Crippen LogP contribution >= 0.6 is 0 Å². The van der Waals surface area contributed by atoms with Gasteiger partial charge in [0.1, 0.15) is 5.52 Å². The standard InChI is InChI=1S/C19H22N4O/c1-3-22(4-2)19(24)16-12-17-18(20-13-16)23(14-21-17)11-10-15-8-6-5-7-9-15/h5-9,12-14H,3-4,10-11H2,1-2H3. The summed E-state index contributed by atoms with van der Waals surface area (Å²) in [7, 11) is 0. The molecular formula is C19H22N4O. The molecule has 2 heterocycles. The van der Waals surface area contributed by atoms with Crippen molar-refractivity contribution < 1.29 is 4.79 Å². The highest BCUT2D eigenvalue weighted by atomic mass is 16.2. The lowest BCUT2D eigenvalue weighted by Crippen LogP contribution is -2.30.